The van der Waals surface area contributed by atoms with Gasteiger partial charge in [0.1, 0.15) is 0 Å². The van der Waals surface area contributed by atoms with Crippen LogP contribution in [0.3, 0.4) is 0 Å². The summed E-state index contributed by atoms with van der Waals surface area (Å²) in [6.45, 7) is 1.35. The lowest BCUT2D eigenvalue weighted by molar-refractivity contribution is -0.119. The van der Waals surface area contributed by atoms with Crippen LogP contribution in [0.25, 0.3) is 0 Å². The van der Waals surface area contributed by atoms with Gasteiger partial charge in [-0.25, -0.2) is 13.4 Å². The molecule has 1 N–H and O–H groups in total. The van der Waals surface area contributed by atoms with E-state index in [9.17, 15) is 18.0 Å². The standard InChI is InChI=1S/C21H23N3O4S2/c25-20-13-18(21(26)22-14-15-6-5-11-29-15)17-12-16(7-8-19(17)23-20)30(27,28)24-9-3-1-2-4-10-24/h5-8,11-13,17H,1-4,9-10,14H2,(H,22,26). The summed E-state index contributed by atoms with van der Waals surface area (Å²) in [5.41, 5.74) is 0.605. The van der Waals surface area contributed by atoms with Gasteiger partial charge in [0.2, 0.25) is 15.9 Å². The molecule has 4 rings (SSSR count). The highest BCUT2D eigenvalue weighted by atomic mass is 32.2. The lowest BCUT2D eigenvalue weighted by Crippen LogP contribution is -2.36. The highest BCUT2D eigenvalue weighted by Crippen LogP contribution is 2.30. The number of thiophene rings is 1. The molecule has 30 heavy (non-hydrogen) atoms. The normalized spacial score (nSPS) is 22.5. The molecule has 2 amide bonds. The third-order valence-electron chi connectivity index (χ3n) is 5.39. The minimum absolute atomic E-state index is 0.152. The molecule has 7 nitrogen and oxygen atoms in total. The summed E-state index contributed by atoms with van der Waals surface area (Å²) in [6.07, 6.45) is 9.50. The summed E-state index contributed by atoms with van der Waals surface area (Å²) in [4.78, 5) is 29.9. The monoisotopic (exact) mass is 445 g/mol. The molecule has 1 aromatic heterocycles. The third-order valence-corrected chi connectivity index (χ3v) is 8.18. The molecule has 1 aromatic rings. The Morgan fingerprint density at radius 2 is 1.97 bits per heavy atom. The maximum atomic E-state index is 13.2. The molecule has 9 heteroatoms. The zero-order chi connectivity index (χ0) is 21.1. The Labute approximate surface area is 179 Å². The molecule has 0 saturated carbocycles. The van der Waals surface area contributed by atoms with Gasteiger partial charge >= 0.3 is 0 Å². The number of carbonyl (C=O) groups is 2. The molecule has 1 fully saturated rings. The van der Waals surface area contributed by atoms with Crippen LogP contribution in [0.2, 0.25) is 0 Å². The summed E-state index contributed by atoms with van der Waals surface area (Å²) >= 11 is 1.52. The Kier molecular flexibility index (Phi) is 6.12. The van der Waals surface area contributed by atoms with Crippen LogP contribution in [0.5, 0.6) is 0 Å². The fourth-order valence-corrected chi connectivity index (χ4v) is 6.04. The van der Waals surface area contributed by atoms with Crippen LogP contribution in [0.15, 0.2) is 57.3 Å². The zero-order valence-electron chi connectivity index (χ0n) is 16.4. The van der Waals surface area contributed by atoms with E-state index < -0.39 is 27.8 Å². The van der Waals surface area contributed by atoms with E-state index in [0.717, 1.165) is 30.6 Å². The number of carbonyl (C=O) groups excluding carboxylic acids is 2. The van der Waals surface area contributed by atoms with E-state index in [-0.39, 0.29) is 10.5 Å². The van der Waals surface area contributed by atoms with E-state index in [4.69, 9.17) is 0 Å². The number of dihydropyridines is 1. The Morgan fingerprint density at radius 3 is 2.67 bits per heavy atom. The SMILES string of the molecule is O=C1C=C(C(=O)NCc2cccs2)C2C=C(S(=O)(=O)N3CCCCCC3)C=CC2=N1. The lowest BCUT2D eigenvalue weighted by Gasteiger charge is -2.26. The van der Waals surface area contributed by atoms with Gasteiger partial charge in [-0.1, -0.05) is 25.0 Å². The molecule has 2 aliphatic heterocycles. The van der Waals surface area contributed by atoms with Crippen LogP contribution >= 0.6 is 11.3 Å². The predicted octanol–water partition coefficient (Wildman–Crippen LogP) is 2.55. The average Bonchev–Trinajstić information content (AvgIpc) is 3.10. The van der Waals surface area contributed by atoms with Gasteiger partial charge < -0.3 is 5.32 Å². The first kappa shape index (κ1) is 20.9. The molecular formula is C21H23N3O4S2. The van der Waals surface area contributed by atoms with E-state index in [1.165, 1.54) is 33.9 Å². The molecule has 3 aliphatic rings. The fraction of sp³-hybridized carbons (Fsp3) is 0.381. The fourth-order valence-electron chi connectivity index (χ4n) is 3.81. The molecule has 0 spiro atoms. The second-order valence-corrected chi connectivity index (χ2v) is 10.4. The molecule has 0 bridgehead atoms. The highest BCUT2D eigenvalue weighted by molar-refractivity contribution is 7.93. The van der Waals surface area contributed by atoms with Crippen LogP contribution in [-0.2, 0) is 26.2 Å². The van der Waals surface area contributed by atoms with E-state index in [1.807, 2.05) is 17.5 Å². The Balaban J connectivity index is 1.58. The third kappa shape index (κ3) is 4.38. The van der Waals surface area contributed by atoms with Crippen LogP contribution in [0, 0.1) is 5.92 Å². The first-order chi connectivity index (χ1) is 14.4. The number of rotatable bonds is 5. The number of aliphatic imine (C=N–C) groups is 1. The van der Waals surface area contributed by atoms with Gasteiger partial charge in [0.05, 0.1) is 23.1 Å². The molecule has 1 unspecified atom stereocenters. The van der Waals surface area contributed by atoms with Crippen LogP contribution in [0.1, 0.15) is 30.6 Å². The number of hydrogen-bond acceptors (Lipinski definition) is 5. The number of allylic oxidation sites excluding steroid dienone is 3. The highest BCUT2D eigenvalue weighted by Gasteiger charge is 2.34. The molecule has 1 aliphatic carbocycles. The maximum absolute atomic E-state index is 13.2. The number of fused-ring (bicyclic) bond motifs is 1. The number of sulfonamides is 1. The van der Waals surface area contributed by atoms with Crippen molar-refractivity contribution in [1.29, 1.82) is 0 Å². The minimum atomic E-state index is -3.66. The number of amides is 2. The van der Waals surface area contributed by atoms with Crippen LogP contribution in [-0.4, -0.2) is 43.3 Å². The van der Waals surface area contributed by atoms with Gasteiger partial charge in [-0.05, 0) is 36.4 Å². The second-order valence-electron chi connectivity index (χ2n) is 7.43. The number of nitrogens with zero attached hydrogens (tertiary/aromatic N) is 2. The molecule has 158 valence electrons. The molecule has 1 atom stereocenters. The molecule has 0 radical (unpaired) electrons. The van der Waals surface area contributed by atoms with Crippen molar-refractivity contribution in [3.05, 3.63) is 57.2 Å². The summed E-state index contributed by atoms with van der Waals surface area (Å²) in [5, 5.41) is 4.74. The first-order valence-electron chi connectivity index (χ1n) is 10.00. The zero-order valence-corrected chi connectivity index (χ0v) is 18.0. The summed E-state index contributed by atoms with van der Waals surface area (Å²) in [7, 11) is -3.66. The number of nitrogens with one attached hydrogen (secondary N) is 1. The topological polar surface area (TPSA) is 95.9 Å². The quantitative estimate of drug-likeness (QED) is 0.753. The van der Waals surface area contributed by atoms with Gasteiger partial charge in [-0.3, -0.25) is 9.59 Å². The molecule has 0 aromatic carbocycles. The van der Waals surface area contributed by atoms with Gasteiger partial charge in [0.15, 0.2) is 0 Å². The van der Waals surface area contributed by atoms with Crippen molar-refractivity contribution in [3.63, 3.8) is 0 Å². The minimum Gasteiger partial charge on any atom is -0.347 e. The van der Waals surface area contributed by atoms with Gasteiger partial charge in [0.25, 0.3) is 5.91 Å². The summed E-state index contributed by atoms with van der Waals surface area (Å²) < 4.78 is 27.9. The average molecular weight is 446 g/mol. The van der Waals surface area contributed by atoms with Crippen LogP contribution < -0.4 is 5.32 Å². The predicted molar refractivity (Wildman–Crippen MR) is 116 cm³/mol. The van der Waals surface area contributed by atoms with Crippen molar-refractivity contribution < 1.29 is 18.0 Å². The van der Waals surface area contributed by atoms with E-state index >= 15 is 0 Å². The van der Waals surface area contributed by atoms with Crippen molar-refractivity contribution in [2.75, 3.05) is 13.1 Å². The number of hydrogen-bond donors (Lipinski definition) is 1. The van der Waals surface area contributed by atoms with Crippen molar-refractivity contribution in [2.24, 2.45) is 10.9 Å². The Hall–Kier alpha value is -2.36. The lowest BCUT2D eigenvalue weighted by atomic mass is 9.87. The van der Waals surface area contributed by atoms with Crippen molar-refractivity contribution in [1.82, 2.24) is 9.62 Å². The summed E-state index contributed by atoms with van der Waals surface area (Å²) in [6, 6.07) is 3.81. The summed E-state index contributed by atoms with van der Waals surface area (Å²) in [5.74, 6) is -1.57. The largest absolute Gasteiger partial charge is 0.347 e. The molecule has 3 heterocycles. The van der Waals surface area contributed by atoms with Crippen molar-refractivity contribution >= 4 is 38.9 Å². The van der Waals surface area contributed by atoms with Crippen LogP contribution in [0.4, 0.5) is 0 Å². The van der Waals surface area contributed by atoms with E-state index in [1.54, 1.807) is 6.08 Å². The van der Waals surface area contributed by atoms with E-state index in [0.29, 0.717) is 25.3 Å². The van der Waals surface area contributed by atoms with Crippen molar-refractivity contribution in [2.45, 2.75) is 32.2 Å². The van der Waals surface area contributed by atoms with Gasteiger partial charge in [-0.15, -0.1) is 11.3 Å². The second kappa shape index (κ2) is 8.79. The van der Waals surface area contributed by atoms with Crippen molar-refractivity contribution in [3.8, 4) is 0 Å². The van der Waals surface area contributed by atoms with E-state index in [2.05, 4.69) is 10.3 Å². The Morgan fingerprint density at radius 1 is 1.20 bits per heavy atom. The maximum Gasteiger partial charge on any atom is 0.270 e. The molecule has 1 saturated heterocycles. The van der Waals surface area contributed by atoms with Gasteiger partial charge in [-0.2, -0.15) is 4.31 Å². The first-order valence-corrected chi connectivity index (χ1v) is 12.3. The smallest absolute Gasteiger partial charge is 0.270 e. The molecular weight excluding hydrogens is 422 g/mol. The Bertz CT molecular complexity index is 1060. The van der Waals surface area contributed by atoms with Gasteiger partial charge in [0, 0.05) is 29.6 Å².